The van der Waals surface area contributed by atoms with Crippen LogP contribution in [0, 0.1) is 0 Å². The van der Waals surface area contributed by atoms with Crippen molar-refractivity contribution in [1.82, 2.24) is 9.38 Å². The molecule has 0 saturated heterocycles. The van der Waals surface area contributed by atoms with Crippen molar-refractivity contribution in [1.29, 1.82) is 0 Å². The Kier molecular flexibility index (Phi) is 2.90. The number of imidazole rings is 1. The van der Waals surface area contributed by atoms with E-state index >= 15 is 0 Å². The fourth-order valence-electron chi connectivity index (χ4n) is 4.28. The van der Waals surface area contributed by atoms with Crippen molar-refractivity contribution < 1.29 is 0 Å². The Morgan fingerprint density at radius 3 is 2.57 bits per heavy atom. The summed E-state index contributed by atoms with van der Waals surface area (Å²) in [5.41, 5.74) is 3.86. The normalized spacial score (nSPS) is 16.5. The predicted octanol–water partition coefficient (Wildman–Crippen LogP) is 5.69. The standard InChI is InChI=1S/C21H20N2/c1-2-6-15(7-3-1)16-10-11-18-17-8-4-5-9-19(17)21-22-12-13-23(21)20(18)14-16/h4-5,8-15H,1-3,6-7H2. The zero-order valence-corrected chi connectivity index (χ0v) is 13.2. The minimum Gasteiger partial charge on any atom is -0.299 e. The Balaban J connectivity index is 1.83. The third-order valence-corrected chi connectivity index (χ3v) is 5.46. The lowest BCUT2D eigenvalue weighted by Gasteiger charge is -2.22. The molecule has 2 heteroatoms. The maximum Gasteiger partial charge on any atom is 0.145 e. The zero-order valence-electron chi connectivity index (χ0n) is 13.2. The molecule has 2 aromatic carbocycles. The molecule has 4 aromatic rings. The van der Waals surface area contributed by atoms with E-state index in [0.717, 1.165) is 11.6 Å². The van der Waals surface area contributed by atoms with Crippen LogP contribution in [0.25, 0.3) is 27.3 Å². The first-order valence-corrected chi connectivity index (χ1v) is 8.69. The van der Waals surface area contributed by atoms with Crippen LogP contribution in [0.3, 0.4) is 0 Å². The summed E-state index contributed by atoms with van der Waals surface area (Å²) in [6, 6.07) is 15.7. The van der Waals surface area contributed by atoms with Crippen LogP contribution in [-0.4, -0.2) is 9.38 Å². The maximum atomic E-state index is 4.60. The van der Waals surface area contributed by atoms with E-state index in [4.69, 9.17) is 0 Å². The summed E-state index contributed by atoms with van der Waals surface area (Å²) >= 11 is 0. The number of rotatable bonds is 1. The smallest absolute Gasteiger partial charge is 0.145 e. The Hall–Kier alpha value is -2.35. The summed E-state index contributed by atoms with van der Waals surface area (Å²) < 4.78 is 2.25. The zero-order chi connectivity index (χ0) is 15.2. The van der Waals surface area contributed by atoms with Crippen molar-refractivity contribution in [2.45, 2.75) is 38.0 Å². The van der Waals surface area contributed by atoms with Gasteiger partial charge in [-0.3, -0.25) is 4.40 Å². The summed E-state index contributed by atoms with van der Waals surface area (Å²) in [4.78, 5) is 4.60. The van der Waals surface area contributed by atoms with E-state index in [1.54, 1.807) is 0 Å². The van der Waals surface area contributed by atoms with E-state index in [1.807, 2.05) is 6.20 Å². The molecule has 2 nitrogen and oxygen atoms in total. The van der Waals surface area contributed by atoms with Crippen molar-refractivity contribution in [2.75, 3.05) is 0 Å². The molecule has 2 heterocycles. The van der Waals surface area contributed by atoms with Gasteiger partial charge in [-0.15, -0.1) is 0 Å². The van der Waals surface area contributed by atoms with Gasteiger partial charge in [0.25, 0.3) is 0 Å². The van der Waals surface area contributed by atoms with E-state index in [-0.39, 0.29) is 0 Å². The lowest BCUT2D eigenvalue weighted by atomic mass is 9.83. The van der Waals surface area contributed by atoms with Crippen LogP contribution in [0.1, 0.15) is 43.6 Å². The molecule has 2 aromatic heterocycles. The van der Waals surface area contributed by atoms with Gasteiger partial charge < -0.3 is 0 Å². The first kappa shape index (κ1) is 13.1. The minimum atomic E-state index is 0.734. The average Bonchev–Trinajstić information content (AvgIpc) is 3.12. The largest absolute Gasteiger partial charge is 0.299 e. The number of pyridine rings is 1. The fraction of sp³-hybridized carbons (Fsp3) is 0.286. The number of aromatic nitrogens is 2. The number of benzene rings is 2. The molecule has 0 spiro atoms. The van der Waals surface area contributed by atoms with Crippen LogP contribution < -0.4 is 0 Å². The summed E-state index contributed by atoms with van der Waals surface area (Å²) in [5.74, 6) is 0.734. The second-order valence-corrected chi connectivity index (χ2v) is 6.78. The highest BCUT2D eigenvalue weighted by molar-refractivity contribution is 6.11. The van der Waals surface area contributed by atoms with Gasteiger partial charge in [0.05, 0.1) is 5.52 Å². The van der Waals surface area contributed by atoms with Gasteiger partial charge in [0.15, 0.2) is 0 Å². The third kappa shape index (κ3) is 1.98. The number of nitrogens with zero attached hydrogens (tertiary/aromatic N) is 2. The van der Waals surface area contributed by atoms with Crippen LogP contribution in [0.4, 0.5) is 0 Å². The first-order chi connectivity index (χ1) is 11.4. The number of hydrogen-bond acceptors (Lipinski definition) is 1. The summed E-state index contributed by atoms with van der Waals surface area (Å²) in [5, 5.41) is 3.86. The molecule has 1 fully saturated rings. The Bertz CT molecular complexity index is 1010. The molecule has 0 bridgehead atoms. The van der Waals surface area contributed by atoms with Crippen molar-refractivity contribution >= 4 is 27.3 Å². The van der Waals surface area contributed by atoms with E-state index in [2.05, 4.69) is 58.0 Å². The maximum absolute atomic E-state index is 4.60. The van der Waals surface area contributed by atoms with Gasteiger partial charge in [-0.05, 0) is 35.8 Å². The SMILES string of the molecule is c1ccc2c(c1)c1ccc(C3CCCCC3)cc1n1ccnc21. The van der Waals surface area contributed by atoms with Gasteiger partial charge in [-0.25, -0.2) is 4.98 Å². The molecule has 5 rings (SSSR count). The summed E-state index contributed by atoms with van der Waals surface area (Å²) in [7, 11) is 0. The van der Waals surface area contributed by atoms with Crippen molar-refractivity contribution in [2.24, 2.45) is 0 Å². The first-order valence-electron chi connectivity index (χ1n) is 8.69. The van der Waals surface area contributed by atoms with Crippen LogP contribution in [0.15, 0.2) is 54.9 Å². The number of hydrogen-bond donors (Lipinski definition) is 0. The molecule has 0 unspecified atom stereocenters. The van der Waals surface area contributed by atoms with Gasteiger partial charge >= 0.3 is 0 Å². The van der Waals surface area contributed by atoms with E-state index in [0.29, 0.717) is 0 Å². The molecule has 114 valence electrons. The van der Waals surface area contributed by atoms with Crippen molar-refractivity contribution in [3.63, 3.8) is 0 Å². The molecular weight excluding hydrogens is 280 g/mol. The molecule has 0 N–H and O–H groups in total. The van der Waals surface area contributed by atoms with Crippen molar-refractivity contribution in [3.8, 4) is 0 Å². The average molecular weight is 300 g/mol. The Morgan fingerprint density at radius 2 is 1.70 bits per heavy atom. The highest BCUT2D eigenvalue weighted by atomic mass is 15.0. The lowest BCUT2D eigenvalue weighted by Crippen LogP contribution is -2.04. The van der Waals surface area contributed by atoms with Gasteiger partial charge in [0, 0.05) is 23.2 Å². The van der Waals surface area contributed by atoms with Crippen LogP contribution >= 0.6 is 0 Å². The van der Waals surface area contributed by atoms with Crippen LogP contribution in [0.5, 0.6) is 0 Å². The molecule has 0 amide bonds. The van der Waals surface area contributed by atoms with Gasteiger partial charge in [0.2, 0.25) is 0 Å². The molecule has 1 aliphatic carbocycles. The Labute approximate surface area is 135 Å². The molecule has 1 aliphatic rings. The van der Waals surface area contributed by atoms with Crippen molar-refractivity contribution in [3.05, 3.63) is 60.4 Å². The molecule has 0 aliphatic heterocycles. The molecular formula is C21H20N2. The predicted molar refractivity (Wildman–Crippen MR) is 96.0 cm³/mol. The Morgan fingerprint density at radius 1 is 0.870 bits per heavy atom. The second kappa shape index (κ2) is 5.09. The fourth-order valence-corrected chi connectivity index (χ4v) is 4.28. The highest BCUT2D eigenvalue weighted by Gasteiger charge is 2.17. The van der Waals surface area contributed by atoms with E-state index in [1.165, 1.54) is 59.3 Å². The van der Waals surface area contributed by atoms with Crippen LogP contribution in [-0.2, 0) is 0 Å². The third-order valence-electron chi connectivity index (χ3n) is 5.46. The van der Waals surface area contributed by atoms with Gasteiger partial charge in [0.1, 0.15) is 5.65 Å². The monoisotopic (exact) mass is 300 g/mol. The molecule has 1 saturated carbocycles. The van der Waals surface area contributed by atoms with Crippen LogP contribution in [0.2, 0.25) is 0 Å². The molecule has 0 radical (unpaired) electrons. The minimum absolute atomic E-state index is 0.734. The van der Waals surface area contributed by atoms with E-state index in [9.17, 15) is 0 Å². The van der Waals surface area contributed by atoms with Gasteiger partial charge in [-0.2, -0.15) is 0 Å². The van der Waals surface area contributed by atoms with Gasteiger partial charge in [-0.1, -0.05) is 55.7 Å². The quantitative estimate of drug-likeness (QED) is 0.413. The molecule has 23 heavy (non-hydrogen) atoms. The molecule has 0 atom stereocenters. The topological polar surface area (TPSA) is 17.3 Å². The summed E-state index contributed by atoms with van der Waals surface area (Å²) in [6.07, 6.45) is 10.8. The second-order valence-electron chi connectivity index (χ2n) is 6.78. The lowest BCUT2D eigenvalue weighted by molar-refractivity contribution is 0.444. The number of fused-ring (bicyclic) bond motifs is 6. The summed E-state index contributed by atoms with van der Waals surface area (Å²) in [6.45, 7) is 0. The van der Waals surface area contributed by atoms with E-state index < -0.39 is 0 Å². The highest BCUT2D eigenvalue weighted by Crippen LogP contribution is 2.36.